The van der Waals surface area contributed by atoms with Crippen molar-refractivity contribution in [1.82, 2.24) is 9.78 Å². The van der Waals surface area contributed by atoms with E-state index in [4.69, 9.17) is 4.42 Å². The third-order valence-corrected chi connectivity index (χ3v) is 5.43. The fourth-order valence-electron chi connectivity index (χ4n) is 3.72. The zero-order valence-corrected chi connectivity index (χ0v) is 19.0. The van der Waals surface area contributed by atoms with Gasteiger partial charge in [0.1, 0.15) is 17.1 Å². The molecule has 5 aromatic rings. The van der Waals surface area contributed by atoms with E-state index in [1.165, 1.54) is 41.2 Å². The fourth-order valence-corrected chi connectivity index (χ4v) is 3.72. The monoisotopic (exact) mass is 482 g/mol. The number of benzene rings is 3. The number of hydrogen-bond acceptors (Lipinski definition) is 5. The molecule has 0 spiro atoms. The number of aromatic nitrogens is 2. The van der Waals surface area contributed by atoms with Crippen molar-refractivity contribution in [1.29, 1.82) is 0 Å². The molecule has 0 aliphatic heterocycles. The van der Waals surface area contributed by atoms with Crippen LogP contribution in [0.15, 0.2) is 94.3 Å². The minimum Gasteiger partial charge on any atom is -0.449 e. The number of carbonyl (C=O) groups is 2. The van der Waals surface area contributed by atoms with Crippen LogP contribution in [-0.2, 0) is 0 Å². The summed E-state index contributed by atoms with van der Waals surface area (Å²) >= 11 is 0. The maximum atomic E-state index is 13.3. The summed E-state index contributed by atoms with van der Waals surface area (Å²) in [6.45, 7) is 1.90. The Bertz CT molecular complexity index is 1670. The molecule has 9 heteroatoms. The van der Waals surface area contributed by atoms with Gasteiger partial charge in [-0.1, -0.05) is 24.3 Å². The fraction of sp³-hybridized carbons (Fsp3) is 0.0370. The molecule has 0 atom stereocenters. The molecular formula is C27H19FN4O4. The predicted molar refractivity (Wildman–Crippen MR) is 133 cm³/mol. The molecule has 8 nitrogen and oxygen atoms in total. The first kappa shape index (κ1) is 22.7. The minimum atomic E-state index is -0.826. The van der Waals surface area contributed by atoms with Gasteiger partial charge in [-0.05, 0) is 61.0 Å². The molecule has 2 N–H and O–H groups in total. The smallest absolute Gasteiger partial charge is 0.293 e. The number of nitrogens with one attached hydrogen (secondary N) is 2. The van der Waals surface area contributed by atoms with E-state index < -0.39 is 28.8 Å². The first-order chi connectivity index (χ1) is 17.4. The van der Waals surface area contributed by atoms with E-state index in [1.54, 1.807) is 42.5 Å². The van der Waals surface area contributed by atoms with Crippen LogP contribution in [0.25, 0.3) is 16.7 Å². The molecule has 0 aliphatic carbocycles. The molecule has 0 unspecified atom stereocenters. The molecule has 3 aromatic carbocycles. The SMILES string of the molecule is Cc1cccc(NC(=O)c2oc3ccccc3c2NC(=O)c2nn(-c3ccc(F)cc3)ccc2=O)c1. The molecule has 36 heavy (non-hydrogen) atoms. The summed E-state index contributed by atoms with van der Waals surface area (Å²) in [6.07, 6.45) is 1.38. The Morgan fingerprint density at radius 1 is 0.917 bits per heavy atom. The third kappa shape index (κ3) is 4.49. The summed E-state index contributed by atoms with van der Waals surface area (Å²) in [4.78, 5) is 38.8. The van der Waals surface area contributed by atoms with Gasteiger partial charge in [-0.15, -0.1) is 0 Å². The number of halogens is 1. The Morgan fingerprint density at radius 2 is 1.69 bits per heavy atom. The van der Waals surface area contributed by atoms with Gasteiger partial charge in [0.05, 0.1) is 5.69 Å². The van der Waals surface area contributed by atoms with Crippen molar-refractivity contribution in [2.45, 2.75) is 6.92 Å². The normalized spacial score (nSPS) is 10.8. The van der Waals surface area contributed by atoms with E-state index >= 15 is 0 Å². The van der Waals surface area contributed by atoms with Crippen molar-refractivity contribution in [2.24, 2.45) is 0 Å². The number of carbonyl (C=O) groups excluding carboxylic acids is 2. The first-order valence-corrected chi connectivity index (χ1v) is 11.0. The Balaban J connectivity index is 1.50. The van der Waals surface area contributed by atoms with Gasteiger partial charge in [-0.3, -0.25) is 14.4 Å². The average molecular weight is 482 g/mol. The lowest BCUT2D eigenvalue weighted by Crippen LogP contribution is -2.26. The predicted octanol–water partition coefficient (Wildman–Crippen LogP) is 4.93. The molecule has 2 amide bonds. The van der Waals surface area contributed by atoms with Crippen molar-refractivity contribution in [2.75, 3.05) is 10.6 Å². The number of para-hydroxylation sites is 1. The third-order valence-electron chi connectivity index (χ3n) is 5.43. The van der Waals surface area contributed by atoms with Crippen LogP contribution in [0.2, 0.25) is 0 Å². The van der Waals surface area contributed by atoms with Crippen LogP contribution in [0.1, 0.15) is 26.6 Å². The van der Waals surface area contributed by atoms with Gasteiger partial charge in [0.25, 0.3) is 11.8 Å². The Morgan fingerprint density at radius 3 is 2.47 bits per heavy atom. The quantitative estimate of drug-likeness (QED) is 0.369. The highest BCUT2D eigenvalue weighted by molar-refractivity contribution is 6.16. The van der Waals surface area contributed by atoms with Gasteiger partial charge in [-0.25, -0.2) is 9.07 Å². The number of furan rings is 1. The van der Waals surface area contributed by atoms with Crippen molar-refractivity contribution in [3.8, 4) is 5.69 Å². The second kappa shape index (κ2) is 9.30. The number of hydrogen-bond donors (Lipinski definition) is 2. The average Bonchev–Trinajstić information content (AvgIpc) is 3.23. The van der Waals surface area contributed by atoms with E-state index in [0.717, 1.165) is 5.56 Å². The van der Waals surface area contributed by atoms with Gasteiger partial charge in [-0.2, -0.15) is 5.10 Å². The van der Waals surface area contributed by atoms with Crippen LogP contribution < -0.4 is 16.1 Å². The van der Waals surface area contributed by atoms with Gasteiger partial charge in [0.15, 0.2) is 5.69 Å². The zero-order valence-electron chi connectivity index (χ0n) is 19.0. The van der Waals surface area contributed by atoms with E-state index in [-0.39, 0.29) is 11.4 Å². The summed E-state index contributed by atoms with van der Waals surface area (Å²) in [5.74, 6) is -1.95. The summed E-state index contributed by atoms with van der Waals surface area (Å²) in [5, 5.41) is 10.00. The second-order valence-corrected chi connectivity index (χ2v) is 8.03. The van der Waals surface area contributed by atoms with E-state index in [9.17, 15) is 18.8 Å². The van der Waals surface area contributed by atoms with Crippen molar-refractivity contribution < 1.29 is 18.4 Å². The number of anilines is 2. The molecule has 0 saturated carbocycles. The van der Waals surface area contributed by atoms with Gasteiger partial charge >= 0.3 is 0 Å². The summed E-state index contributed by atoms with van der Waals surface area (Å²) < 4.78 is 20.3. The minimum absolute atomic E-state index is 0.110. The maximum absolute atomic E-state index is 13.3. The molecule has 178 valence electrons. The summed E-state index contributed by atoms with van der Waals surface area (Å²) in [5.41, 5.74) is 1.44. The zero-order chi connectivity index (χ0) is 25.2. The molecule has 2 aromatic heterocycles. The van der Waals surface area contributed by atoms with E-state index in [1.807, 2.05) is 13.0 Å². The topological polar surface area (TPSA) is 106 Å². The standard InChI is InChI=1S/C27H19FN4O4/c1-16-5-4-6-18(15-16)29-27(35)25-23(20-7-2-3-8-22(20)36-25)30-26(34)24-21(33)13-14-32(31-24)19-11-9-17(28)10-12-19/h2-15H,1H3,(H,29,35)(H,30,34). The van der Waals surface area contributed by atoms with Crippen molar-refractivity contribution in [3.63, 3.8) is 0 Å². The van der Waals surface area contributed by atoms with Gasteiger partial charge in [0.2, 0.25) is 11.2 Å². The maximum Gasteiger partial charge on any atom is 0.293 e. The Kier molecular flexibility index (Phi) is 5.87. The first-order valence-electron chi connectivity index (χ1n) is 11.0. The van der Waals surface area contributed by atoms with Crippen molar-refractivity contribution in [3.05, 3.63) is 118 Å². The number of rotatable bonds is 5. The number of aryl methyl sites for hydroxylation is 1. The van der Waals surface area contributed by atoms with Crippen LogP contribution in [-0.4, -0.2) is 21.6 Å². The molecular weight excluding hydrogens is 463 g/mol. The van der Waals surface area contributed by atoms with Crippen LogP contribution in [0, 0.1) is 12.7 Å². The number of fused-ring (bicyclic) bond motifs is 1. The van der Waals surface area contributed by atoms with Crippen LogP contribution in [0.4, 0.5) is 15.8 Å². The molecule has 0 aliphatic rings. The largest absolute Gasteiger partial charge is 0.449 e. The van der Waals surface area contributed by atoms with Crippen LogP contribution >= 0.6 is 0 Å². The van der Waals surface area contributed by atoms with Gasteiger partial charge < -0.3 is 15.1 Å². The lowest BCUT2D eigenvalue weighted by molar-refractivity contribution is 0.0999. The Hall–Kier alpha value is -5.05. The highest BCUT2D eigenvalue weighted by Gasteiger charge is 2.24. The second-order valence-electron chi connectivity index (χ2n) is 8.03. The van der Waals surface area contributed by atoms with Crippen LogP contribution in [0.5, 0.6) is 0 Å². The lowest BCUT2D eigenvalue weighted by atomic mass is 10.2. The molecule has 5 rings (SSSR count). The summed E-state index contributed by atoms with van der Waals surface area (Å²) in [6, 6.07) is 20.6. The highest BCUT2D eigenvalue weighted by Crippen LogP contribution is 2.31. The molecule has 0 fully saturated rings. The van der Waals surface area contributed by atoms with Crippen molar-refractivity contribution >= 4 is 34.2 Å². The molecule has 0 radical (unpaired) electrons. The number of amides is 2. The summed E-state index contributed by atoms with van der Waals surface area (Å²) in [7, 11) is 0. The van der Waals surface area contributed by atoms with Crippen LogP contribution in [0.3, 0.4) is 0 Å². The lowest BCUT2D eigenvalue weighted by Gasteiger charge is -2.09. The van der Waals surface area contributed by atoms with Gasteiger partial charge in [0, 0.05) is 23.3 Å². The van der Waals surface area contributed by atoms with E-state index in [2.05, 4.69) is 15.7 Å². The molecule has 2 heterocycles. The molecule has 0 bridgehead atoms. The Labute approximate surface area is 204 Å². The molecule has 0 saturated heterocycles. The van der Waals surface area contributed by atoms with E-state index in [0.29, 0.717) is 22.3 Å². The number of nitrogens with zero attached hydrogens (tertiary/aromatic N) is 2. The highest BCUT2D eigenvalue weighted by atomic mass is 19.1.